The lowest BCUT2D eigenvalue weighted by Gasteiger charge is -2.32. The van der Waals surface area contributed by atoms with Gasteiger partial charge in [0.2, 0.25) is 0 Å². The molecule has 1 rings (SSSR count). The van der Waals surface area contributed by atoms with Crippen LogP contribution in [-0.2, 0) is 13.6 Å². The van der Waals surface area contributed by atoms with E-state index in [-0.39, 0.29) is 19.4 Å². The molecule has 1 aliphatic heterocycles. The molecule has 0 aromatic heterocycles. The van der Waals surface area contributed by atoms with Crippen LogP contribution in [0, 0.1) is 5.92 Å². The van der Waals surface area contributed by atoms with Crippen molar-refractivity contribution in [3.63, 3.8) is 0 Å². The first-order valence-corrected chi connectivity index (χ1v) is 6.72. The molecule has 0 saturated carbocycles. The molecule has 1 saturated heterocycles. The van der Waals surface area contributed by atoms with E-state index in [4.69, 9.17) is 4.89 Å². The highest BCUT2D eigenvalue weighted by atomic mass is 31.2. The molecular weight excluding hydrogens is 305 g/mol. The molecule has 0 radical (unpaired) electrons. The number of phosphoric ester groups is 1. The Bertz CT molecular complexity index is 340. The largest absolute Gasteiger partial charge is 0.472 e. The van der Waals surface area contributed by atoms with Gasteiger partial charge in [-0.2, -0.15) is 26.3 Å². The van der Waals surface area contributed by atoms with Gasteiger partial charge in [-0.1, -0.05) is 0 Å². The molecule has 0 aromatic rings. The molecule has 1 fully saturated rings. The van der Waals surface area contributed by atoms with Gasteiger partial charge in [0.05, 0.1) is 12.7 Å². The zero-order valence-electron chi connectivity index (χ0n) is 9.37. The molecule has 19 heavy (non-hydrogen) atoms. The van der Waals surface area contributed by atoms with Crippen LogP contribution in [0.3, 0.4) is 0 Å². The van der Waals surface area contributed by atoms with Crippen molar-refractivity contribution in [3.8, 4) is 0 Å². The first-order valence-electron chi connectivity index (χ1n) is 5.22. The number of phosphoric acid groups is 1. The van der Waals surface area contributed by atoms with E-state index in [0.29, 0.717) is 0 Å². The summed E-state index contributed by atoms with van der Waals surface area (Å²) in [5.74, 6) is -3.82. The molecule has 2 unspecified atom stereocenters. The average Bonchev–Trinajstić information content (AvgIpc) is 2.08. The van der Waals surface area contributed by atoms with Crippen molar-refractivity contribution in [3.05, 3.63) is 0 Å². The van der Waals surface area contributed by atoms with E-state index in [1.54, 1.807) is 0 Å². The van der Waals surface area contributed by atoms with Gasteiger partial charge in [-0.3, -0.25) is 9.05 Å². The molecule has 0 amide bonds. The van der Waals surface area contributed by atoms with Crippen molar-refractivity contribution in [1.82, 2.24) is 0 Å². The van der Waals surface area contributed by atoms with Gasteiger partial charge in [0.1, 0.15) is 0 Å². The smallest absolute Gasteiger partial charge is 0.302 e. The van der Waals surface area contributed by atoms with Crippen molar-refractivity contribution in [2.24, 2.45) is 5.92 Å². The fourth-order valence-corrected chi connectivity index (χ4v) is 2.71. The van der Waals surface area contributed by atoms with Gasteiger partial charge in [0.25, 0.3) is 0 Å². The minimum absolute atomic E-state index is 0.0344. The number of alkyl halides is 6. The molecule has 4 nitrogen and oxygen atoms in total. The zero-order chi connectivity index (χ0) is 14.9. The highest BCUT2D eigenvalue weighted by molar-refractivity contribution is 7.47. The summed E-state index contributed by atoms with van der Waals surface area (Å²) in [6, 6.07) is 0. The molecular formula is C8H11F6O4P. The van der Waals surface area contributed by atoms with Crippen molar-refractivity contribution < 1.29 is 44.8 Å². The standard InChI is InChI=1S/C8H11F6O4P/c9-7(10,11)6(8(12,13)14)5-3-1-2-4-17-19(15,16)18-5/h5-6H,1-4H2,(H,15,16). The Kier molecular flexibility index (Phi) is 4.93. The minimum Gasteiger partial charge on any atom is -0.302 e. The molecule has 1 aliphatic rings. The molecule has 114 valence electrons. The van der Waals surface area contributed by atoms with Gasteiger partial charge < -0.3 is 4.89 Å². The van der Waals surface area contributed by atoms with E-state index in [1.807, 2.05) is 0 Å². The maximum Gasteiger partial charge on any atom is 0.472 e. The van der Waals surface area contributed by atoms with Gasteiger partial charge in [-0.15, -0.1) is 0 Å². The van der Waals surface area contributed by atoms with Gasteiger partial charge in [-0.05, 0) is 19.3 Å². The van der Waals surface area contributed by atoms with Crippen molar-refractivity contribution >= 4 is 7.82 Å². The fraction of sp³-hybridized carbons (Fsp3) is 1.00. The molecule has 0 bridgehead atoms. The van der Waals surface area contributed by atoms with E-state index < -0.39 is 38.6 Å². The van der Waals surface area contributed by atoms with Crippen molar-refractivity contribution in [2.75, 3.05) is 6.61 Å². The number of hydrogen-bond acceptors (Lipinski definition) is 3. The topological polar surface area (TPSA) is 55.8 Å². The van der Waals surface area contributed by atoms with Crippen molar-refractivity contribution in [2.45, 2.75) is 37.7 Å². The van der Waals surface area contributed by atoms with Gasteiger partial charge in [0.15, 0.2) is 5.92 Å². The molecule has 0 aliphatic carbocycles. The summed E-state index contributed by atoms with van der Waals surface area (Å²) in [7, 11) is -4.91. The van der Waals surface area contributed by atoms with Crippen LogP contribution in [0.1, 0.15) is 19.3 Å². The van der Waals surface area contributed by atoms with E-state index >= 15 is 0 Å². The maximum absolute atomic E-state index is 12.5. The molecule has 1 N–H and O–H groups in total. The summed E-state index contributed by atoms with van der Waals surface area (Å²) >= 11 is 0. The molecule has 2 atom stereocenters. The lowest BCUT2D eigenvalue weighted by molar-refractivity contribution is -0.305. The van der Waals surface area contributed by atoms with Crippen LogP contribution in [-0.4, -0.2) is 30.0 Å². The maximum atomic E-state index is 12.5. The lowest BCUT2D eigenvalue weighted by atomic mass is 9.96. The van der Waals surface area contributed by atoms with E-state index in [0.717, 1.165) is 0 Å². The summed E-state index contributed by atoms with van der Waals surface area (Å²) in [5.41, 5.74) is 0. The normalized spacial score (nSPS) is 31.1. The quantitative estimate of drug-likeness (QED) is 0.595. The van der Waals surface area contributed by atoms with Crippen LogP contribution in [0.5, 0.6) is 0 Å². The van der Waals surface area contributed by atoms with Crippen LogP contribution in [0.15, 0.2) is 0 Å². The summed E-state index contributed by atoms with van der Waals surface area (Å²) in [6.45, 7) is -0.261. The minimum atomic E-state index is -5.62. The van der Waals surface area contributed by atoms with Gasteiger partial charge in [-0.25, -0.2) is 4.57 Å². The van der Waals surface area contributed by atoms with E-state index in [1.165, 1.54) is 0 Å². The average molecular weight is 316 g/mol. The van der Waals surface area contributed by atoms with E-state index in [2.05, 4.69) is 9.05 Å². The number of rotatable bonds is 1. The first-order chi connectivity index (χ1) is 8.43. The molecule has 1 heterocycles. The molecule has 0 aromatic carbocycles. The summed E-state index contributed by atoms with van der Waals surface area (Å²) in [4.78, 5) is 9.01. The lowest BCUT2D eigenvalue weighted by Crippen LogP contribution is -2.46. The molecule has 11 heteroatoms. The zero-order valence-corrected chi connectivity index (χ0v) is 10.3. The first kappa shape index (κ1) is 16.7. The predicted octanol–water partition coefficient (Wildman–Crippen LogP) is 3.41. The third-order valence-corrected chi connectivity index (χ3v) is 3.53. The summed E-state index contributed by atoms with van der Waals surface area (Å²) in [6.07, 6.45) is -14.3. The molecule has 0 spiro atoms. The Morgan fingerprint density at radius 2 is 1.63 bits per heavy atom. The third kappa shape index (κ3) is 4.94. The fourth-order valence-electron chi connectivity index (χ4n) is 1.72. The predicted molar refractivity (Wildman–Crippen MR) is 50.1 cm³/mol. The number of hydrogen-bond donors (Lipinski definition) is 1. The third-order valence-electron chi connectivity index (χ3n) is 2.48. The van der Waals surface area contributed by atoms with Crippen LogP contribution in [0.4, 0.5) is 26.3 Å². The SMILES string of the molecule is O=P1(O)OCCCCC(C(C(F)(F)F)C(F)(F)F)O1. The Labute approximate surface area is 104 Å². The highest BCUT2D eigenvalue weighted by Gasteiger charge is 2.61. The number of halogens is 6. The van der Waals surface area contributed by atoms with Crippen molar-refractivity contribution in [1.29, 1.82) is 0 Å². The Balaban J connectivity index is 3.02. The van der Waals surface area contributed by atoms with Crippen LogP contribution in [0.25, 0.3) is 0 Å². The van der Waals surface area contributed by atoms with E-state index in [9.17, 15) is 30.9 Å². The Hall–Kier alpha value is -0.310. The van der Waals surface area contributed by atoms with Crippen LogP contribution < -0.4 is 0 Å². The second-order valence-corrected chi connectivity index (χ2v) is 5.41. The second-order valence-electron chi connectivity index (χ2n) is 4.00. The summed E-state index contributed by atoms with van der Waals surface area (Å²) < 4.78 is 94.3. The highest BCUT2D eigenvalue weighted by Crippen LogP contribution is 2.52. The monoisotopic (exact) mass is 316 g/mol. The van der Waals surface area contributed by atoms with Gasteiger partial charge in [0, 0.05) is 0 Å². The summed E-state index contributed by atoms with van der Waals surface area (Å²) in [5, 5.41) is 0. The Morgan fingerprint density at radius 3 is 2.11 bits per heavy atom. The Morgan fingerprint density at radius 1 is 1.11 bits per heavy atom. The van der Waals surface area contributed by atoms with Crippen LogP contribution >= 0.6 is 7.82 Å². The van der Waals surface area contributed by atoms with Crippen LogP contribution in [0.2, 0.25) is 0 Å². The van der Waals surface area contributed by atoms with Gasteiger partial charge >= 0.3 is 20.2 Å². The second kappa shape index (κ2) is 5.59.